The fraction of sp³-hybridized carbons (Fsp3) is 0.0286. The van der Waals surface area contributed by atoms with Crippen LogP contribution in [0.25, 0.3) is 0 Å². The minimum Gasteiger partial charge on any atom is -0.310 e. The highest BCUT2D eigenvalue weighted by molar-refractivity contribution is 5.81. The number of rotatable bonds is 10. The zero-order chi connectivity index (χ0) is 26.0. The molecular formula is C35H32N2. The van der Waals surface area contributed by atoms with E-state index in [4.69, 9.17) is 0 Å². The summed E-state index contributed by atoms with van der Waals surface area (Å²) in [6.45, 7) is 14.1. The van der Waals surface area contributed by atoms with Crippen molar-refractivity contribution in [3.63, 3.8) is 0 Å². The van der Waals surface area contributed by atoms with E-state index in [0.29, 0.717) is 0 Å². The highest BCUT2D eigenvalue weighted by Gasteiger charge is 2.30. The molecule has 2 nitrogen and oxygen atoms in total. The first-order valence-electron chi connectivity index (χ1n) is 12.4. The average molecular weight is 481 g/mol. The lowest BCUT2D eigenvalue weighted by molar-refractivity contribution is 1.12. The Balaban J connectivity index is 2.03. The molecule has 0 atom stereocenters. The smallest absolute Gasteiger partial charge is 0.0561 e. The summed E-state index contributed by atoms with van der Waals surface area (Å²) in [4.78, 5) is 4.52. The van der Waals surface area contributed by atoms with Crippen LogP contribution in [0.1, 0.15) is 6.92 Å². The molecule has 0 saturated heterocycles. The molecule has 4 rings (SSSR count). The second-order valence-electron chi connectivity index (χ2n) is 8.35. The van der Waals surface area contributed by atoms with Gasteiger partial charge < -0.3 is 9.80 Å². The van der Waals surface area contributed by atoms with Crippen molar-refractivity contribution in [2.75, 3.05) is 9.80 Å². The second-order valence-corrected chi connectivity index (χ2v) is 8.35. The summed E-state index contributed by atoms with van der Waals surface area (Å²) in [6, 6.07) is 31.2. The van der Waals surface area contributed by atoms with Gasteiger partial charge in [-0.3, -0.25) is 0 Å². The van der Waals surface area contributed by atoms with Crippen LogP contribution in [0.4, 0.5) is 17.1 Å². The zero-order valence-electron chi connectivity index (χ0n) is 21.3. The summed E-state index contributed by atoms with van der Waals surface area (Å²) in [5.41, 5.74) is 8.39. The summed E-state index contributed by atoms with van der Waals surface area (Å²) in [6.07, 6.45) is 16.1. The maximum Gasteiger partial charge on any atom is 0.0561 e. The van der Waals surface area contributed by atoms with Gasteiger partial charge in [0.1, 0.15) is 0 Å². The van der Waals surface area contributed by atoms with Gasteiger partial charge in [-0.1, -0.05) is 105 Å². The monoisotopic (exact) mass is 480 g/mol. The largest absolute Gasteiger partial charge is 0.310 e. The van der Waals surface area contributed by atoms with Gasteiger partial charge >= 0.3 is 0 Å². The SMILES string of the molecule is C=C/C=C1/C(N(/C(C=C)=C/C=C)c2ccccc2)=CC(N(c2ccccc2)c2ccccc2)=C1/C=C\C. The topological polar surface area (TPSA) is 6.48 Å². The lowest BCUT2D eigenvalue weighted by atomic mass is 10.0. The molecule has 0 spiro atoms. The lowest BCUT2D eigenvalue weighted by Crippen LogP contribution is -2.21. The molecule has 3 aromatic carbocycles. The summed E-state index contributed by atoms with van der Waals surface area (Å²) in [5, 5.41) is 0. The molecule has 0 radical (unpaired) electrons. The molecule has 0 saturated carbocycles. The predicted octanol–water partition coefficient (Wildman–Crippen LogP) is 9.43. The fourth-order valence-electron chi connectivity index (χ4n) is 4.51. The van der Waals surface area contributed by atoms with Crippen molar-refractivity contribution in [1.29, 1.82) is 0 Å². The Kier molecular flexibility index (Phi) is 8.36. The number of allylic oxidation sites excluding steroid dienone is 9. The van der Waals surface area contributed by atoms with Crippen LogP contribution in [0.3, 0.4) is 0 Å². The van der Waals surface area contributed by atoms with Crippen molar-refractivity contribution in [3.05, 3.63) is 188 Å². The molecule has 0 aromatic heterocycles. The van der Waals surface area contributed by atoms with Gasteiger partial charge in [-0.05, 0) is 61.5 Å². The first kappa shape index (κ1) is 25.3. The molecule has 0 unspecified atom stereocenters. The maximum absolute atomic E-state index is 4.11. The normalized spacial score (nSPS) is 14.6. The highest BCUT2D eigenvalue weighted by Crippen LogP contribution is 2.43. The van der Waals surface area contributed by atoms with E-state index in [2.05, 4.69) is 115 Å². The van der Waals surface area contributed by atoms with Crippen molar-refractivity contribution in [2.24, 2.45) is 0 Å². The molecule has 1 aliphatic rings. The van der Waals surface area contributed by atoms with E-state index >= 15 is 0 Å². The third-order valence-electron chi connectivity index (χ3n) is 6.01. The van der Waals surface area contributed by atoms with Crippen LogP contribution in [0.5, 0.6) is 0 Å². The molecular weight excluding hydrogens is 448 g/mol. The first-order valence-corrected chi connectivity index (χ1v) is 12.4. The van der Waals surface area contributed by atoms with Crippen LogP contribution in [0.15, 0.2) is 188 Å². The lowest BCUT2D eigenvalue weighted by Gasteiger charge is -2.28. The summed E-state index contributed by atoms with van der Waals surface area (Å²) in [5.74, 6) is 0. The Morgan fingerprint density at radius 1 is 0.703 bits per heavy atom. The number of nitrogens with zero attached hydrogens (tertiary/aromatic N) is 2. The average Bonchev–Trinajstić information content (AvgIpc) is 3.27. The number of hydrogen-bond acceptors (Lipinski definition) is 2. The van der Waals surface area contributed by atoms with Gasteiger partial charge in [0.2, 0.25) is 0 Å². The molecule has 0 amide bonds. The van der Waals surface area contributed by atoms with E-state index < -0.39 is 0 Å². The Bertz CT molecular complexity index is 1360. The van der Waals surface area contributed by atoms with Crippen molar-refractivity contribution in [1.82, 2.24) is 0 Å². The van der Waals surface area contributed by atoms with Gasteiger partial charge in [-0.2, -0.15) is 0 Å². The number of anilines is 3. The molecule has 1 aliphatic carbocycles. The van der Waals surface area contributed by atoms with Crippen molar-refractivity contribution < 1.29 is 0 Å². The molecule has 0 heterocycles. The summed E-state index contributed by atoms with van der Waals surface area (Å²) in [7, 11) is 0. The Morgan fingerprint density at radius 2 is 1.24 bits per heavy atom. The minimum atomic E-state index is 0.925. The number of para-hydroxylation sites is 3. The predicted molar refractivity (Wildman–Crippen MR) is 161 cm³/mol. The minimum absolute atomic E-state index is 0.925. The van der Waals surface area contributed by atoms with Crippen LogP contribution in [-0.4, -0.2) is 0 Å². The molecule has 37 heavy (non-hydrogen) atoms. The molecule has 182 valence electrons. The van der Waals surface area contributed by atoms with E-state index in [1.807, 2.05) is 55.5 Å². The van der Waals surface area contributed by atoms with E-state index in [1.54, 1.807) is 6.08 Å². The van der Waals surface area contributed by atoms with Crippen LogP contribution in [-0.2, 0) is 0 Å². The first-order chi connectivity index (χ1) is 18.2. The van der Waals surface area contributed by atoms with E-state index in [-0.39, 0.29) is 0 Å². The Hall–Kier alpha value is -4.82. The third kappa shape index (κ3) is 5.39. The molecule has 0 fully saturated rings. The van der Waals surface area contributed by atoms with Gasteiger partial charge in [0.15, 0.2) is 0 Å². The van der Waals surface area contributed by atoms with Gasteiger partial charge in [0, 0.05) is 33.9 Å². The van der Waals surface area contributed by atoms with Crippen LogP contribution >= 0.6 is 0 Å². The summed E-state index contributed by atoms with van der Waals surface area (Å²) < 4.78 is 0. The van der Waals surface area contributed by atoms with Crippen molar-refractivity contribution >= 4 is 17.1 Å². The zero-order valence-corrected chi connectivity index (χ0v) is 21.3. The van der Waals surface area contributed by atoms with E-state index in [1.165, 1.54) is 0 Å². The standard InChI is InChI=1S/C35H32N2/c1-5-18-28(8-4)36(29-21-12-9-13-22-29)34-27-35(33(20-7-3)32(34)19-6-2)37(30-23-14-10-15-24-30)31-25-16-11-17-26-31/h5-27H,1-2,4H2,3H3/b20-7-,28-18+,32-19+. The quantitative estimate of drug-likeness (QED) is 0.267. The van der Waals surface area contributed by atoms with Gasteiger partial charge in [0.25, 0.3) is 0 Å². The highest BCUT2D eigenvalue weighted by atomic mass is 15.2. The van der Waals surface area contributed by atoms with E-state index in [0.717, 1.165) is 45.3 Å². The fourth-order valence-corrected chi connectivity index (χ4v) is 4.51. The number of benzene rings is 3. The van der Waals surface area contributed by atoms with Crippen molar-refractivity contribution in [2.45, 2.75) is 6.92 Å². The Labute approximate surface area is 221 Å². The summed E-state index contributed by atoms with van der Waals surface area (Å²) >= 11 is 0. The van der Waals surface area contributed by atoms with Crippen molar-refractivity contribution in [3.8, 4) is 0 Å². The van der Waals surface area contributed by atoms with Gasteiger partial charge in [-0.15, -0.1) is 0 Å². The van der Waals surface area contributed by atoms with E-state index in [9.17, 15) is 0 Å². The third-order valence-corrected chi connectivity index (χ3v) is 6.01. The molecule has 3 aromatic rings. The molecule has 0 N–H and O–H groups in total. The molecule has 0 bridgehead atoms. The maximum atomic E-state index is 4.11. The molecule has 2 heteroatoms. The van der Waals surface area contributed by atoms with Crippen LogP contribution in [0, 0.1) is 0 Å². The van der Waals surface area contributed by atoms with Crippen LogP contribution in [0.2, 0.25) is 0 Å². The molecule has 0 aliphatic heterocycles. The Morgan fingerprint density at radius 3 is 1.70 bits per heavy atom. The van der Waals surface area contributed by atoms with Crippen LogP contribution < -0.4 is 9.80 Å². The van der Waals surface area contributed by atoms with Gasteiger partial charge in [-0.25, -0.2) is 0 Å². The second kappa shape index (κ2) is 12.2. The number of hydrogen-bond donors (Lipinski definition) is 0. The van der Waals surface area contributed by atoms with Gasteiger partial charge in [0.05, 0.1) is 11.4 Å².